The van der Waals surface area contributed by atoms with Gasteiger partial charge in [-0.3, -0.25) is 4.90 Å². The molecule has 0 bridgehead atoms. The van der Waals surface area contributed by atoms with Gasteiger partial charge in [-0.1, -0.05) is 0 Å². The Labute approximate surface area is 130 Å². The molecule has 1 aromatic heterocycles. The summed E-state index contributed by atoms with van der Waals surface area (Å²) in [5.41, 5.74) is 6.64. The third kappa shape index (κ3) is 2.90. The molecular formula is C14H23N3O2S2. The summed E-state index contributed by atoms with van der Waals surface area (Å²) < 4.78 is 27.6. The number of hydrogen-bond acceptors (Lipinski definition) is 5. The number of likely N-dealkylation sites (tertiary alicyclic amines) is 1. The van der Waals surface area contributed by atoms with Gasteiger partial charge in [0.1, 0.15) is 4.21 Å². The van der Waals surface area contributed by atoms with E-state index in [-0.39, 0.29) is 0 Å². The predicted molar refractivity (Wildman–Crippen MR) is 84.9 cm³/mol. The van der Waals surface area contributed by atoms with E-state index in [1.165, 1.54) is 24.2 Å². The Balaban J connectivity index is 1.76. The molecule has 2 aliphatic heterocycles. The largest absolute Gasteiger partial charge is 0.326 e. The minimum atomic E-state index is -3.34. The molecule has 0 spiro atoms. The van der Waals surface area contributed by atoms with Crippen LogP contribution in [0, 0.1) is 6.92 Å². The zero-order valence-corrected chi connectivity index (χ0v) is 14.0. The zero-order chi connectivity index (χ0) is 15.0. The zero-order valence-electron chi connectivity index (χ0n) is 12.4. The van der Waals surface area contributed by atoms with E-state index in [2.05, 4.69) is 4.90 Å². The number of thiophene rings is 1. The molecule has 7 heteroatoms. The fraction of sp³-hybridized carbons (Fsp3) is 0.714. The number of aryl methyl sites for hydroxylation is 1. The first kappa shape index (κ1) is 15.4. The van der Waals surface area contributed by atoms with Crippen molar-refractivity contribution in [2.45, 2.75) is 43.0 Å². The number of nitrogens with zero attached hydrogens (tertiary/aromatic N) is 2. The number of rotatable bonds is 4. The van der Waals surface area contributed by atoms with Gasteiger partial charge in [-0.05, 0) is 50.9 Å². The fourth-order valence-corrected chi connectivity index (χ4v) is 6.39. The van der Waals surface area contributed by atoms with Crippen LogP contribution in [0.5, 0.6) is 0 Å². The monoisotopic (exact) mass is 329 g/mol. The van der Waals surface area contributed by atoms with Crippen LogP contribution in [-0.4, -0.2) is 49.8 Å². The molecule has 21 heavy (non-hydrogen) atoms. The van der Waals surface area contributed by atoms with E-state index >= 15 is 0 Å². The summed E-state index contributed by atoms with van der Waals surface area (Å²) in [6, 6.07) is 2.17. The molecule has 1 unspecified atom stereocenters. The van der Waals surface area contributed by atoms with Gasteiger partial charge >= 0.3 is 0 Å². The van der Waals surface area contributed by atoms with Gasteiger partial charge in [0, 0.05) is 30.6 Å². The van der Waals surface area contributed by atoms with Crippen LogP contribution < -0.4 is 5.73 Å². The van der Waals surface area contributed by atoms with E-state index < -0.39 is 10.0 Å². The molecule has 0 radical (unpaired) electrons. The van der Waals surface area contributed by atoms with Crippen molar-refractivity contribution in [2.75, 3.05) is 26.2 Å². The first-order valence-corrected chi connectivity index (χ1v) is 9.81. The quantitative estimate of drug-likeness (QED) is 0.906. The van der Waals surface area contributed by atoms with Gasteiger partial charge in [-0.15, -0.1) is 11.3 Å². The van der Waals surface area contributed by atoms with E-state index in [4.69, 9.17) is 5.73 Å². The van der Waals surface area contributed by atoms with Crippen LogP contribution in [0.4, 0.5) is 0 Å². The van der Waals surface area contributed by atoms with Gasteiger partial charge in [0.2, 0.25) is 0 Å². The van der Waals surface area contributed by atoms with Gasteiger partial charge in [-0.2, -0.15) is 4.31 Å². The van der Waals surface area contributed by atoms with Crippen LogP contribution in [0.15, 0.2) is 10.3 Å². The second-order valence-corrected chi connectivity index (χ2v) is 9.23. The van der Waals surface area contributed by atoms with Crippen molar-refractivity contribution in [3.63, 3.8) is 0 Å². The van der Waals surface area contributed by atoms with Gasteiger partial charge in [0.25, 0.3) is 10.0 Å². The molecule has 2 saturated heterocycles. The third-order valence-electron chi connectivity index (χ3n) is 4.56. The normalized spacial score (nSPS) is 25.0. The maximum absolute atomic E-state index is 12.8. The first-order valence-electron chi connectivity index (χ1n) is 7.56. The summed E-state index contributed by atoms with van der Waals surface area (Å²) in [6.45, 7) is 5.84. The lowest BCUT2D eigenvalue weighted by molar-refractivity contribution is 0.251. The highest BCUT2D eigenvalue weighted by Gasteiger charge is 2.36. The Morgan fingerprint density at radius 2 is 2.05 bits per heavy atom. The Hall–Kier alpha value is -0.470. The van der Waals surface area contributed by atoms with E-state index in [0.717, 1.165) is 30.0 Å². The Kier molecular flexibility index (Phi) is 4.38. The Bertz CT molecular complexity index is 606. The summed E-state index contributed by atoms with van der Waals surface area (Å²) in [4.78, 5) is 3.41. The van der Waals surface area contributed by atoms with Crippen molar-refractivity contribution in [2.24, 2.45) is 5.73 Å². The molecule has 2 fully saturated rings. The molecule has 0 aliphatic carbocycles. The van der Waals surface area contributed by atoms with Crippen LogP contribution in [0.3, 0.4) is 0 Å². The van der Waals surface area contributed by atoms with Gasteiger partial charge in [-0.25, -0.2) is 8.42 Å². The summed E-state index contributed by atoms with van der Waals surface area (Å²) in [7, 11) is -3.34. The third-order valence-corrected chi connectivity index (χ3v) is 8.13. The van der Waals surface area contributed by atoms with E-state index in [1.54, 1.807) is 10.4 Å². The highest BCUT2D eigenvalue weighted by atomic mass is 32.2. The molecule has 2 N–H and O–H groups in total. The van der Waals surface area contributed by atoms with E-state index in [9.17, 15) is 8.42 Å². The molecule has 1 aromatic rings. The average molecular weight is 329 g/mol. The van der Waals surface area contributed by atoms with Crippen LogP contribution in [0.1, 0.15) is 29.7 Å². The molecule has 1 atom stereocenters. The van der Waals surface area contributed by atoms with Crippen molar-refractivity contribution in [1.82, 2.24) is 9.21 Å². The maximum atomic E-state index is 12.8. The van der Waals surface area contributed by atoms with Gasteiger partial charge in [0.05, 0.1) is 0 Å². The minimum Gasteiger partial charge on any atom is -0.326 e. The molecule has 2 aliphatic rings. The summed E-state index contributed by atoms with van der Waals surface area (Å²) in [5.74, 6) is 0. The lowest BCUT2D eigenvalue weighted by Crippen LogP contribution is -2.36. The van der Waals surface area contributed by atoms with Crippen LogP contribution in [0.2, 0.25) is 0 Å². The summed E-state index contributed by atoms with van der Waals surface area (Å²) >= 11 is 1.32. The number of hydrogen-bond donors (Lipinski definition) is 1. The fourth-order valence-electron chi connectivity index (χ4n) is 3.28. The van der Waals surface area contributed by atoms with Gasteiger partial charge < -0.3 is 5.73 Å². The topological polar surface area (TPSA) is 66.6 Å². The predicted octanol–water partition coefficient (Wildman–Crippen LogP) is 1.37. The SMILES string of the molecule is Cc1cc(S(=O)(=O)N2CCC(N3CCCC3)C2)sc1CN. The Morgan fingerprint density at radius 1 is 1.33 bits per heavy atom. The molecule has 0 aromatic carbocycles. The van der Waals surface area contributed by atoms with Crippen LogP contribution >= 0.6 is 11.3 Å². The molecule has 5 nitrogen and oxygen atoms in total. The summed E-state index contributed by atoms with van der Waals surface area (Å²) in [6.07, 6.45) is 3.44. The standard InChI is InChI=1S/C14H23N3O2S2/c1-11-8-14(20-13(11)9-15)21(18,19)17-7-4-12(10-17)16-5-2-3-6-16/h8,12H,2-7,9-10,15H2,1H3. The molecule has 0 amide bonds. The smallest absolute Gasteiger partial charge is 0.252 e. The Morgan fingerprint density at radius 3 is 2.67 bits per heavy atom. The molecule has 3 rings (SSSR count). The minimum absolute atomic E-state index is 0.400. The highest BCUT2D eigenvalue weighted by molar-refractivity contribution is 7.91. The second kappa shape index (κ2) is 5.96. The number of sulfonamides is 1. The van der Waals surface area contributed by atoms with Crippen molar-refractivity contribution in [3.8, 4) is 0 Å². The van der Waals surface area contributed by atoms with Crippen LogP contribution in [-0.2, 0) is 16.6 Å². The maximum Gasteiger partial charge on any atom is 0.252 e. The summed E-state index contributed by atoms with van der Waals surface area (Å²) in [5, 5.41) is 0. The lowest BCUT2D eigenvalue weighted by Gasteiger charge is -2.23. The van der Waals surface area contributed by atoms with E-state index in [1.807, 2.05) is 6.92 Å². The highest BCUT2D eigenvalue weighted by Crippen LogP contribution is 2.31. The number of nitrogens with two attached hydrogens (primary N) is 1. The average Bonchev–Trinajstić information content (AvgIpc) is 3.18. The lowest BCUT2D eigenvalue weighted by atomic mass is 10.2. The second-order valence-electron chi connectivity index (χ2n) is 5.92. The van der Waals surface area contributed by atoms with Crippen LogP contribution in [0.25, 0.3) is 0 Å². The van der Waals surface area contributed by atoms with Crippen molar-refractivity contribution >= 4 is 21.4 Å². The molecular weight excluding hydrogens is 306 g/mol. The van der Waals surface area contributed by atoms with Crippen molar-refractivity contribution in [3.05, 3.63) is 16.5 Å². The molecule has 0 saturated carbocycles. The molecule has 118 valence electrons. The van der Waals surface area contributed by atoms with Crippen molar-refractivity contribution < 1.29 is 8.42 Å². The first-order chi connectivity index (χ1) is 10.0. The van der Waals surface area contributed by atoms with Crippen molar-refractivity contribution in [1.29, 1.82) is 0 Å². The van der Waals surface area contributed by atoms with Gasteiger partial charge in [0.15, 0.2) is 0 Å². The molecule has 3 heterocycles. The van der Waals surface area contributed by atoms with E-state index in [0.29, 0.717) is 29.9 Å².